The molecule has 0 bridgehead atoms. The molecular weight excluding hydrogens is 354 g/mol. The van der Waals surface area contributed by atoms with Crippen LogP contribution in [0.25, 0.3) is 0 Å². The Morgan fingerprint density at radius 2 is 1.75 bits per heavy atom. The van der Waals surface area contributed by atoms with E-state index < -0.39 is 5.91 Å². The molecule has 6 nitrogen and oxygen atoms in total. The molecule has 1 aromatic carbocycles. The van der Waals surface area contributed by atoms with Crippen LogP contribution in [0.5, 0.6) is 0 Å². The Hall–Kier alpha value is -3.02. The molecule has 0 unspecified atom stereocenters. The highest BCUT2D eigenvalue weighted by molar-refractivity contribution is 6.20. The summed E-state index contributed by atoms with van der Waals surface area (Å²) >= 11 is 0. The van der Waals surface area contributed by atoms with Crippen LogP contribution in [0, 0.1) is 5.92 Å². The van der Waals surface area contributed by atoms with E-state index in [9.17, 15) is 14.4 Å². The number of imide groups is 1. The Morgan fingerprint density at radius 3 is 2.46 bits per heavy atom. The quantitative estimate of drug-likeness (QED) is 0.751. The van der Waals surface area contributed by atoms with Crippen LogP contribution in [0.15, 0.2) is 48.7 Å². The van der Waals surface area contributed by atoms with Gasteiger partial charge in [-0.25, -0.2) is 0 Å². The van der Waals surface area contributed by atoms with Gasteiger partial charge in [-0.3, -0.25) is 24.3 Å². The van der Waals surface area contributed by atoms with Crippen LogP contribution in [-0.4, -0.2) is 52.1 Å². The molecule has 0 N–H and O–H groups in total. The number of fused-ring (bicyclic) bond motifs is 1. The van der Waals surface area contributed by atoms with E-state index in [1.807, 2.05) is 11.0 Å². The number of rotatable bonds is 5. The third kappa shape index (κ3) is 3.67. The summed E-state index contributed by atoms with van der Waals surface area (Å²) in [6, 6.07) is 13.7. The smallest absolute Gasteiger partial charge is 0.280 e. The number of carbonyl (C=O) groups is 3. The number of benzene rings is 1. The fourth-order valence-corrected chi connectivity index (χ4v) is 4.02. The maximum Gasteiger partial charge on any atom is 0.280 e. The standard InChI is InChI=1S/C22H23N3O3/c26-19(10-14-25-21(27)18-7-4-11-23-20(18)22(25)28)24-12-8-17(9-13-24)15-16-5-2-1-3-6-16/h1-7,11,17H,8-10,12-15H2. The van der Waals surface area contributed by atoms with Gasteiger partial charge >= 0.3 is 0 Å². The van der Waals surface area contributed by atoms with Crippen molar-refractivity contribution in [1.82, 2.24) is 14.8 Å². The molecule has 2 aliphatic rings. The van der Waals surface area contributed by atoms with E-state index in [1.54, 1.807) is 12.1 Å². The molecule has 0 aliphatic carbocycles. The van der Waals surface area contributed by atoms with Crippen LogP contribution >= 0.6 is 0 Å². The maximum atomic E-state index is 12.6. The Kier molecular flexibility index (Phi) is 5.19. The SMILES string of the molecule is O=C(CCN1C(=O)c2cccnc2C1=O)N1CCC(Cc2ccccc2)CC1. The molecule has 6 heteroatoms. The largest absolute Gasteiger partial charge is 0.343 e. The van der Waals surface area contributed by atoms with E-state index in [-0.39, 0.29) is 30.5 Å². The molecule has 1 fully saturated rings. The minimum absolute atomic E-state index is 0.00248. The Balaban J connectivity index is 1.27. The van der Waals surface area contributed by atoms with Crippen molar-refractivity contribution in [3.05, 3.63) is 65.5 Å². The Bertz CT molecular complexity index is 854. The normalized spacial score (nSPS) is 17.1. The van der Waals surface area contributed by atoms with Crippen molar-refractivity contribution in [3.8, 4) is 0 Å². The molecular formula is C22H23N3O3. The van der Waals surface area contributed by atoms with Gasteiger partial charge in [-0.15, -0.1) is 0 Å². The van der Waals surface area contributed by atoms with Crippen LogP contribution in [0.4, 0.5) is 0 Å². The molecule has 2 aromatic rings. The van der Waals surface area contributed by atoms with Crippen LogP contribution in [0.2, 0.25) is 0 Å². The van der Waals surface area contributed by atoms with Crippen molar-refractivity contribution in [3.63, 3.8) is 0 Å². The fraction of sp³-hybridized carbons (Fsp3) is 0.364. The highest BCUT2D eigenvalue weighted by atomic mass is 16.2. The Labute approximate surface area is 164 Å². The molecule has 144 valence electrons. The van der Waals surface area contributed by atoms with E-state index >= 15 is 0 Å². The zero-order valence-corrected chi connectivity index (χ0v) is 15.7. The minimum atomic E-state index is -0.407. The third-order valence-electron chi connectivity index (χ3n) is 5.61. The zero-order valence-electron chi connectivity index (χ0n) is 15.7. The van der Waals surface area contributed by atoms with Crippen LogP contribution in [0.3, 0.4) is 0 Å². The van der Waals surface area contributed by atoms with E-state index in [0.29, 0.717) is 11.5 Å². The average Bonchev–Trinajstić information content (AvgIpc) is 2.98. The topological polar surface area (TPSA) is 70.6 Å². The lowest BCUT2D eigenvalue weighted by Gasteiger charge is -2.32. The molecule has 0 atom stereocenters. The highest BCUT2D eigenvalue weighted by Gasteiger charge is 2.36. The summed E-state index contributed by atoms with van der Waals surface area (Å²) < 4.78 is 0. The lowest BCUT2D eigenvalue weighted by atomic mass is 9.90. The number of nitrogens with zero attached hydrogens (tertiary/aromatic N) is 3. The number of hydrogen-bond acceptors (Lipinski definition) is 4. The second kappa shape index (κ2) is 7.92. The molecule has 3 amide bonds. The molecule has 28 heavy (non-hydrogen) atoms. The van der Waals surface area contributed by atoms with Gasteiger partial charge in [0.25, 0.3) is 11.8 Å². The number of carbonyl (C=O) groups excluding carboxylic acids is 3. The van der Waals surface area contributed by atoms with Gasteiger partial charge in [0.05, 0.1) is 5.56 Å². The van der Waals surface area contributed by atoms with Crippen molar-refractivity contribution in [2.24, 2.45) is 5.92 Å². The number of amides is 3. The van der Waals surface area contributed by atoms with Crippen molar-refractivity contribution in [2.75, 3.05) is 19.6 Å². The number of aromatic nitrogens is 1. The van der Waals surface area contributed by atoms with Crippen LogP contribution in [-0.2, 0) is 11.2 Å². The fourth-order valence-electron chi connectivity index (χ4n) is 4.02. The number of piperidine rings is 1. The van der Waals surface area contributed by atoms with Crippen LogP contribution in [0.1, 0.15) is 45.7 Å². The van der Waals surface area contributed by atoms with Crippen molar-refractivity contribution >= 4 is 17.7 Å². The lowest BCUT2D eigenvalue weighted by Crippen LogP contribution is -2.41. The van der Waals surface area contributed by atoms with Gasteiger partial charge in [0.1, 0.15) is 5.69 Å². The van der Waals surface area contributed by atoms with E-state index in [0.717, 1.165) is 37.3 Å². The van der Waals surface area contributed by atoms with Gasteiger partial charge in [-0.2, -0.15) is 0 Å². The summed E-state index contributed by atoms with van der Waals surface area (Å²) in [5.41, 5.74) is 1.84. The number of pyridine rings is 1. The Morgan fingerprint density at radius 1 is 1.00 bits per heavy atom. The molecule has 1 aromatic heterocycles. The van der Waals surface area contributed by atoms with E-state index in [2.05, 4.69) is 29.2 Å². The molecule has 0 radical (unpaired) electrons. The highest BCUT2D eigenvalue weighted by Crippen LogP contribution is 2.23. The first-order valence-corrected chi connectivity index (χ1v) is 9.76. The van der Waals surface area contributed by atoms with Crippen molar-refractivity contribution < 1.29 is 14.4 Å². The number of hydrogen-bond donors (Lipinski definition) is 0. The van der Waals surface area contributed by atoms with Crippen LogP contribution < -0.4 is 0 Å². The molecule has 0 saturated carbocycles. The molecule has 2 aliphatic heterocycles. The summed E-state index contributed by atoms with van der Waals surface area (Å²) in [5, 5.41) is 0. The first kappa shape index (κ1) is 18.3. The van der Waals surface area contributed by atoms with Gasteiger partial charge in [-0.05, 0) is 42.9 Å². The molecule has 1 saturated heterocycles. The first-order chi connectivity index (χ1) is 13.6. The minimum Gasteiger partial charge on any atom is -0.343 e. The van der Waals surface area contributed by atoms with Crippen molar-refractivity contribution in [2.45, 2.75) is 25.7 Å². The monoisotopic (exact) mass is 377 g/mol. The van der Waals surface area contributed by atoms with E-state index in [1.165, 1.54) is 11.8 Å². The predicted octanol–water partition coefficient (Wildman–Crippen LogP) is 2.55. The third-order valence-corrected chi connectivity index (χ3v) is 5.61. The summed E-state index contributed by atoms with van der Waals surface area (Å²) in [5.74, 6) is -0.172. The van der Waals surface area contributed by atoms with Gasteiger partial charge in [-0.1, -0.05) is 30.3 Å². The summed E-state index contributed by atoms with van der Waals surface area (Å²) in [7, 11) is 0. The van der Waals surface area contributed by atoms with Gasteiger partial charge in [0.2, 0.25) is 5.91 Å². The summed E-state index contributed by atoms with van der Waals surface area (Å²) in [6.07, 6.45) is 4.67. The van der Waals surface area contributed by atoms with Crippen molar-refractivity contribution in [1.29, 1.82) is 0 Å². The van der Waals surface area contributed by atoms with Gasteiger partial charge < -0.3 is 4.90 Å². The second-order valence-electron chi connectivity index (χ2n) is 7.43. The van der Waals surface area contributed by atoms with Gasteiger partial charge in [0.15, 0.2) is 0 Å². The zero-order chi connectivity index (χ0) is 19.5. The average molecular weight is 377 g/mol. The molecule has 4 rings (SSSR count). The summed E-state index contributed by atoms with van der Waals surface area (Å²) in [6.45, 7) is 1.58. The maximum absolute atomic E-state index is 12.6. The summed E-state index contributed by atoms with van der Waals surface area (Å²) in [4.78, 5) is 44.2. The first-order valence-electron chi connectivity index (χ1n) is 9.76. The second-order valence-corrected chi connectivity index (χ2v) is 7.43. The lowest BCUT2D eigenvalue weighted by molar-refractivity contribution is -0.132. The number of likely N-dealkylation sites (tertiary alicyclic amines) is 1. The molecule has 3 heterocycles. The van der Waals surface area contributed by atoms with Gasteiger partial charge in [0, 0.05) is 32.3 Å². The predicted molar refractivity (Wildman–Crippen MR) is 104 cm³/mol. The molecule has 0 spiro atoms. The van der Waals surface area contributed by atoms with E-state index in [4.69, 9.17) is 0 Å².